The van der Waals surface area contributed by atoms with Crippen LogP contribution < -0.4 is 5.32 Å². The van der Waals surface area contributed by atoms with Gasteiger partial charge in [-0.2, -0.15) is 5.10 Å². The number of hydrogen-bond donors (Lipinski definition) is 3. The number of phenols is 2. The minimum absolute atomic E-state index is 0.0870. The van der Waals surface area contributed by atoms with Gasteiger partial charge >= 0.3 is 0 Å². The van der Waals surface area contributed by atoms with Crippen molar-refractivity contribution >= 4 is 11.7 Å². The van der Waals surface area contributed by atoms with E-state index >= 15 is 0 Å². The predicted molar refractivity (Wildman–Crippen MR) is 60.9 cm³/mol. The van der Waals surface area contributed by atoms with Crippen LogP contribution in [0, 0.1) is 0 Å². The molecule has 0 radical (unpaired) electrons. The van der Waals surface area contributed by atoms with Gasteiger partial charge in [-0.1, -0.05) is 0 Å². The van der Waals surface area contributed by atoms with Gasteiger partial charge in [-0.25, -0.2) is 0 Å². The maximum Gasteiger partial charge on any atom is 0.260 e. The molecule has 1 heterocycles. The Labute approximate surface area is 97.1 Å². The van der Waals surface area contributed by atoms with Crippen molar-refractivity contribution in [3.05, 3.63) is 36.0 Å². The van der Waals surface area contributed by atoms with Gasteiger partial charge in [-0.15, -0.1) is 0 Å². The van der Waals surface area contributed by atoms with Gasteiger partial charge in [0.1, 0.15) is 17.3 Å². The fourth-order valence-corrected chi connectivity index (χ4v) is 1.39. The summed E-state index contributed by atoms with van der Waals surface area (Å²) in [5.41, 5.74) is 0.0870. The zero-order valence-corrected chi connectivity index (χ0v) is 9.08. The van der Waals surface area contributed by atoms with Crippen molar-refractivity contribution in [3.63, 3.8) is 0 Å². The van der Waals surface area contributed by atoms with Gasteiger partial charge in [-0.3, -0.25) is 9.48 Å². The summed E-state index contributed by atoms with van der Waals surface area (Å²) in [6.07, 6.45) is 1.55. The van der Waals surface area contributed by atoms with E-state index in [-0.39, 0.29) is 17.1 Å². The number of hydrogen-bond acceptors (Lipinski definition) is 4. The molecule has 6 heteroatoms. The average molecular weight is 233 g/mol. The quantitative estimate of drug-likeness (QED) is 0.724. The van der Waals surface area contributed by atoms with Crippen LogP contribution in [0.5, 0.6) is 11.5 Å². The molecule has 88 valence electrons. The standard InChI is InChI=1S/C11H11N3O3/c1-14-10(4-5-12-14)13-11(17)8-3-2-7(15)6-9(8)16/h2-6,15-16H,1H3,(H,13,17). The molecule has 0 bridgehead atoms. The fraction of sp³-hybridized carbons (Fsp3) is 0.0909. The fourth-order valence-electron chi connectivity index (χ4n) is 1.39. The molecule has 0 aliphatic rings. The van der Waals surface area contributed by atoms with E-state index in [0.29, 0.717) is 5.82 Å². The van der Waals surface area contributed by atoms with E-state index < -0.39 is 5.91 Å². The van der Waals surface area contributed by atoms with Crippen LogP contribution in [0.4, 0.5) is 5.82 Å². The molecule has 0 fully saturated rings. The van der Waals surface area contributed by atoms with Crippen molar-refractivity contribution in [2.75, 3.05) is 5.32 Å². The van der Waals surface area contributed by atoms with Crippen molar-refractivity contribution in [1.29, 1.82) is 0 Å². The lowest BCUT2D eigenvalue weighted by molar-refractivity contribution is 0.102. The number of carbonyl (C=O) groups is 1. The number of anilines is 1. The van der Waals surface area contributed by atoms with Crippen LogP contribution in [0.2, 0.25) is 0 Å². The lowest BCUT2D eigenvalue weighted by Crippen LogP contribution is -2.14. The Morgan fingerprint density at radius 1 is 1.35 bits per heavy atom. The number of rotatable bonds is 2. The molecule has 3 N–H and O–H groups in total. The summed E-state index contributed by atoms with van der Waals surface area (Å²) in [7, 11) is 1.69. The summed E-state index contributed by atoms with van der Waals surface area (Å²) in [6.45, 7) is 0. The molecule has 1 aromatic carbocycles. The van der Waals surface area contributed by atoms with Gasteiger partial charge in [-0.05, 0) is 12.1 Å². The summed E-state index contributed by atoms with van der Waals surface area (Å²) < 4.78 is 1.50. The normalized spacial score (nSPS) is 10.2. The van der Waals surface area contributed by atoms with Crippen LogP contribution in [-0.2, 0) is 7.05 Å². The zero-order chi connectivity index (χ0) is 12.4. The summed E-state index contributed by atoms with van der Waals surface area (Å²) in [5, 5.41) is 25.1. The number of amides is 1. The number of nitrogens with one attached hydrogen (secondary N) is 1. The summed E-state index contributed by atoms with van der Waals surface area (Å²) in [5.74, 6) is -0.321. The number of carbonyl (C=O) groups excluding carboxylic acids is 1. The third kappa shape index (κ3) is 2.20. The van der Waals surface area contributed by atoms with Gasteiger partial charge in [0.2, 0.25) is 0 Å². The smallest absolute Gasteiger partial charge is 0.260 e. The Morgan fingerprint density at radius 2 is 2.12 bits per heavy atom. The molecule has 0 aliphatic heterocycles. The van der Waals surface area contributed by atoms with E-state index in [2.05, 4.69) is 10.4 Å². The molecule has 0 spiro atoms. The Kier molecular flexibility index (Phi) is 2.70. The largest absolute Gasteiger partial charge is 0.508 e. The second-order valence-electron chi connectivity index (χ2n) is 3.50. The van der Waals surface area contributed by atoms with Crippen LogP contribution in [-0.4, -0.2) is 25.9 Å². The van der Waals surface area contributed by atoms with Crippen molar-refractivity contribution in [1.82, 2.24) is 9.78 Å². The number of aromatic nitrogens is 2. The van der Waals surface area contributed by atoms with Gasteiger partial charge in [0, 0.05) is 19.2 Å². The maximum absolute atomic E-state index is 11.8. The highest BCUT2D eigenvalue weighted by atomic mass is 16.3. The highest BCUT2D eigenvalue weighted by Crippen LogP contribution is 2.23. The Bertz CT molecular complexity index is 563. The van der Waals surface area contributed by atoms with Crippen molar-refractivity contribution in [2.45, 2.75) is 0 Å². The molecule has 1 amide bonds. The lowest BCUT2D eigenvalue weighted by atomic mass is 10.2. The topological polar surface area (TPSA) is 87.4 Å². The Balaban J connectivity index is 2.23. The van der Waals surface area contributed by atoms with Crippen molar-refractivity contribution in [2.24, 2.45) is 7.05 Å². The number of aromatic hydroxyl groups is 2. The molecule has 0 saturated carbocycles. The lowest BCUT2D eigenvalue weighted by Gasteiger charge is -2.06. The average Bonchev–Trinajstić information content (AvgIpc) is 2.64. The number of phenolic OH excluding ortho intramolecular Hbond substituents is 2. The van der Waals surface area contributed by atoms with Crippen molar-refractivity contribution < 1.29 is 15.0 Å². The third-order valence-electron chi connectivity index (χ3n) is 2.29. The predicted octanol–water partition coefficient (Wildman–Crippen LogP) is 1.08. The van der Waals surface area contributed by atoms with Gasteiger partial charge in [0.25, 0.3) is 5.91 Å². The van der Waals surface area contributed by atoms with E-state index in [1.807, 2.05) is 0 Å². The number of benzene rings is 1. The molecular weight excluding hydrogens is 222 g/mol. The molecule has 1 aromatic heterocycles. The summed E-state index contributed by atoms with van der Waals surface area (Å²) in [6, 6.07) is 5.42. The molecule has 2 rings (SSSR count). The molecule has 0 aliphatic carbocycles. The maximum atomic E-state index is 11.8. The van der Waals surface area contributed by atoms with Gasteiger partial charge in [0.15, 0.2) is 0 Å². The van der Waals surface area contributed by atoms with Crippen molar-refractivity contribution in [3.8, 4) is 11.5 Å². The highest BCUT2D eigenvalue weighted by molar-refractivity contribution is 6.05. The summed E-state index contributed by atoms with van der Waals surface area (Å²) in [4.78, 5) is 11.8. The second-order valence-corrected chi connectivity index (χ2v) is 3.50. The number of nitrogens with zero attached hydrogens (tertiary/aromatic N) is 2. The Morgan fingerprint density at radius 3 is 2.71 bits per heavy atom. The van der Waals surface area contributed by atoms with Crippen LogP contribution in [0.25, 0.3) is 0 Å². The monoisotopic (exact) mass is 233 g/mol. The Hall–Kier alpha value is -2.50. The minimum Gasteiger partial charge on any atom is -0.508 e. The summed E-state index contributed by atoms with van der Waals surface area (Å²) >= 11 is 0. The van der Waals surface area contributed by atoms with E-state index in [9.17, 15) is 9.90 Å². The first-order chi connectivity index (χ1) is 8.08. The zero-order valence-electron chi connectivity index (χ0n) is 9.08. The first-order valence-corrected chi connectivity index (χ1v) is 4.89. The van der Waals surface area contributed by atoms with E-state index in [4.69, 9.17) is 5.11 Å². The first kappa shape index (κ1) is 11.0. The minimum atomic E-state index is -0.467. The van der Waals surface area contributed by atoms with Crippen LogP contribution in [0.1, 0.15) is 10.4 Å². The van der Waals surface area contributed by atoms with E-state index in [0.717, 1.165) is 6.07 Å². The van der Waals surface area contributed by atoms with Crippen LogP contribution in [0.3, 0.4) is 0 Å². The van der Waals surface area contributed by atoms with Gasteiger partial charge < -0.3 is 15.5 Å². The van der Waals surface area contributed by atoms with Gasteiger partial charge in [0.05, 0.1) is 11.8 Å². The molecule has 0 atom stereocenters. The molecule has 0 saturated heterocycles. The van der Waals surface area contributed by atoms with Crippen LogP contribution >= 0.6 is 0 Å². The molecular formula is C11H11N3O3. The third-order valence-corrected chi connectivity index (χ3v) is 2.29. The second kappa shape index (κ2) is 4.17. The SMILES string of the molecule is Cn1nccc1NC(=O)c1ccc(O)cc1O. The molecule has 17 heavy (non-hydrogen) atoms. The first-order valence-electron chi connectivity index (χ1n) is 4.89. The van der Waals surface area contributed by atoms with E-state index in [1.165, 1.54) is 16.8 Å². The highest BCUT2D eigenvalue weighted by Gasteiger charge is 2.12. The molecule has 0 unspecified atom stereocenters. The van der Waals surface area contributed by atoms with Crippen LogP contribution in [0.15, 0.2) is 30.5 Å². The molecule has 6 nitrogen and oxygen atoms in total. The van der Waals surface area contributed by atoms with E-state index in [1.54, 1.807) is 19.3 Å². The number of aryl methyl sites for hydroxylation is 1. The molecule has 2 aromatic rings.